The van der Waals surface area contributed by atoms with E-state index >= 15 is 0 Å². The molecule has 112 valence electrons. The first-order valence-corrected chi connectivity index (χ1v) is 8.36. The second kappa shape index (κ2) is 7.11. The Labute approximate surface area is 125 Å². The molecule has 1 aromatic heterocycles. The van der Waals surface area contributed by atoms with Gasteiger partial charge in [0, 0.05) is 19.1 Å². The summed E-state index contributed by atoms with van der Waals surface area (Å²) < 4.78 is 2.00. The molecule has 1 aromatic rings. The number of amides is 1. The average molecular weight is 296 g/mol. The van der Waals surface area contributed by atoms with Gasteiger partial charge in [0.15, 0.2) is 5.16 Å². The molecule has 0 N–H and O–H groups in total. The fourth-order valence-electron chi connectivity index (χ4n) is 2.59. The van der Waals surface area contributed by atoms with Gasteiger partial charge in [-0.15, -0.1) is 10.2 Å². The molecule has 20 heavy (non-hydrogen) atoms. The van der Waals surface area contributed by atoms with E-state index in [2.05, 4.69) is 24.0 Å². The fourth-order valence-corrected chi connectivity index (χ4v) is 3.56. The number of hydrogen-bond donors (Lipinski definition) is 0. The molecule has 0 aliphatic heterocycles. The molecule has 6 heteroatoms. The van der Waals surface area contributed by atoms with Crippen molar-refractivity contribution < 1.29 is 4.79 Å². The second-order valence-electron chi connectivity index (χ2n) is 5.70. The van der Waals surface area contributed by atoms with Crippen LogP contribution in [0.4, 0.5) is 0 Å². The van der Waals surface area contributed by atoms with Crippen LogP contribution in [0.15, 0.2) is 11.5 Å². The van der Waals surface area contributed by atoms with Crippen LogP contribution in [0.2, 0.25) is 0 Å². The van der Waals surface area contributed by atoms with Crippen molar-refractivity contribution in [1.29, 1.82) is 0 Å². The number of carbonyl (C=O) groups is 1. The van der Waals surface area contributed by atoms with Crippen molar-refractivity contribution in [2.45, 2.75) is 63.2 Å². The molecule has 0 spiro atoms. The van der Waals surface area contributed by atoms with E-state index < -0.39 is 0 Å². The van der Waals surface area contributed by atoms with E-state index in [1.807, 2.05) is 16.5 Å². The lowest BCUT2D eigenvalue weighted by molar-refractivity contribution is -0.129. The Morgan fingerprint density at radius 1 is 1.45 bits per heavy atom. The molecule has 1 fully saturated rings. The topological polar surface area (TPSA) is 51.0 Å². The maximum atomic E-state index is 12.3. The first kappa shape index (κ1) is 15.4. The highest BCUT2D eigenvalue weighted by Gasteiger charge is 2.22. The SMILES string of the molecule is CC(C)n1cnnc1SCC(=O)N(C)C1CCCCC1. The van der Waals surface area contributed by atoms with Gasteiger partial charge in [-0.2, -0.15) is 0 Å². The van der Waals surface area contributed by atoms with Crippen LogP contribution >= 0.6 is 11.8 Å². The lowest BCUT2D eigenvalue weighted by atomic mass is 9.94. The summed E-state index contributed by atoms with van der Waals surface area (Å²) >= 11 is 1.48. The van der Waals surface area contributed by atoms with Crippen molar-refractivity contribution in [1.82, 2.24) is 19.7 Å². The quantitative estimate of drug-likeness (QED) is 0.784. The highest BCUT2D eigenvalue weighted by molar-refractivity contribution is 7.99. The zero-order valence-corrected chi connectivity index (χ0v) is 13.4. The van der Waals surface area contributed by atoms with Gasteiger partial charge in [0.1, 0.15) is 6.33 Å². The van der Waals surface area contributed by atoms with Gasteiger partial charge in [-0.05, 0) is 26.7 Å². The van der Waals surface area contributed by atoms with Crippen LogP contribution in [0, 0.1) is 0 Å². The Bertz CT molecular complexity index is 440. The third-order valence-corrected chi connectivity index (χ3v) is 4.88. The number of hydrogen-bond acceptors (Lipinski definition) is 4. The van der Waals surface area contributed by atoms with Crippen LogP contribution in [-0.2, 0) is 4.79 Å². The van der Waals surface area contributed by atoms with Gasteiger partial charge in [-0.1, -0.05) is 31.0 Å². The number of nitrogens with zero attached hydrogens (tertiary/aromatic N) is 4. The predicted octanol–water partition coefficient (Wildman–Crippen LogP) is 2.74. The minimum absolute atomic E-state index is 0.195. The van der Waals surface area contributed by atoms with Crippen molar-refractivity contribution >= 4 is 17.7 Å². The number of rotatable bonds is 5. The minimum atomic E-state index is 0.195. The standard InChI is InChI=1S/C14H24N4OS/c1-11(2)18-10-15-16-14(18)20-9-13(19)17(3)12-7-5-4-6-8-12/h10-12H,4-9H2,1-3H3. The van der Waals surface area contributed by atoms with Gasteiger partial charge >= 0.3 is 0 Å². The van der Waals surface area contributed by atoms with Gasteiger partial charge in [-0.25, -0.2) is 0 Å². The van der Waals surface area contributed by atoms with Crippen molar-refractivity contribution in [3.05, 3.63) is 6.33 Å². The molecule has 2 rings (SSSR count). The first-order chi connectivity index (χ1) is 9.59. The summed E-state index contributed by atoms with van der Waals surface area (Å²) in [4.78, 5) is 14.2. The zero-order valence-electron chi connectivity index (χ0n) is 12.6. The minimum Gasteiger partial charge on any atom is -0.342 e. The van der Waals surface area contributed by atoms with Crippen molar-refractivity contribution in [3.8, 4) is 0 Å². The summed E-state index contributed by atoms with van der Waals surface area (Å²) in [6, 6.07) is 0.749. The van der Waals surface area contributed by atoms with Crippen LogP contribution in [0.3, 0.4) is 0 Å². The van der Waals surface area contributed by atoms with E-state index in [0.29, 0.717) is 17.8 Å². The molecule has 1 aliphatic carbocycles. The summed E-state index contributed by atoms with van der Waals surface area (Å²) in [5.74, 6) is 0.638. The zero-order chi connectivity index (χ0) is 14.5. The maximum absolute atomic E-state index is 12.3. The van der Waals surface area contributed by atoms with Crippen LogP contribution in [-0.4, -0.2) is 44.4 Å². The normalized spacial score (nSPS) is 16.6. The second-order valence-corrected chi connectivity index (χ2v) is 6.64. The lowest BCUT2D eigenvalue weighted by Gasteiger charge is -2.31. The Kier molecular flexibility index (Phi) is 5.46. The number of aromatic nitrogens is 3. The molecule has 0 atom stereocenters. The lowest BCUT2D eigenvalue weighted by Crippen LogP contribution is -2.39. The van der Waals surface area contributed by atoms with E-state index in [-0.39, 0.29) is 5.91 Å². The highest BCUT2D eigenvalue weighted by Crippen LogP contribution is 2.23. The van der Waals surface area contributed by atoms with Crippen LogP contribution < -0.4 is 0 Å². The molecule has 0 unspecified atom stereocenters. The van der Waals surface area contributed by atoms with Gasteiger partial charge in [0.2, 0.25) is 5.91 Å². The molecule has 0 radical (unpaired) electrons. The first-order valence-electron chi connectivity index (χ1n) is 7.37. The Morgan fingerprint density at radius 3 is 2.80 bits per heavy atom. The van der Waals surface area contributed by atoms with Gasteiger partial charge in [-0.3, -0.25) is 4.79 Å². The summed E-state index contributed by atoms with van der Waals surface area (Å²) in [6.07, 6.45) is 7.82. The molecule has 5 nitrogen and oxygen atoms in total. The molecule has 1 heterocycles. The largest absolute Gasteiger partial charge is 0.342 e. The Balaban J connectivity index is 1.86. The summed E-state index contributed by atoms with van der Waals surface area (Å²) in [6.45, 7) is 4.17. The van der Waals surface area contributed by atoms with E-state index in [1.165, 1.54) is 31.0 Å². The van der Waals surface area contributed by atoms with Crippen molar-refractivity contribution in [2.24, 2.45) is 0 Å². The summed E-state index contributed by atoms with van der Waals surface area (Å²) in [7, 11) is 1.94. The van der Waals surface area contributed by atoms with E-state index in [9.17, 15) is 4.79 Å². The van der Waals surface area contributed by atoms with Crippen molar-refractivity contribution in [2.75, 3.05) is 12.8 Å². The average Bonchev–Trinajstić information content (AvgIpc) is 2.93. The fraction of sp³-hybridized carbons (Fsp3) is 0.786. The van der Waals surface area contributed by atoms with Crippen LogP contribution in [0.5, 0.6) is 0 Å². The van der Waals surface area contributed by atoms with Gasteiger partial charge in [0.05, 0.1) is 5.75 Å². The summed E-state index contributed by atoms with van der Waals surface area (Å²) in [5.41, 5.74) is 0. The molecular formula is C14H24N4OS. The molecule has 0 saturated heterocycles. The van der Waals surface area contributed by atoms with Gasteiger partial charge < -0.3 is 9.47 Å². The summed E-state index contributed by atoms with van der Waals surface area (Å²) in [5, 5.41) is 8.83. The number of carbonyl (C=O) groups excluding carboxylic acids is 1. The molecule has 1 amide bonds. The molecule has 0 aromatic carbocycles. The van der Waals surface area contributed by atoms with E-state index in [0.717, 1.165) is 18.0 Å². The Hall–Kier alpha value is -1.04. The Morgan fingerprint density at radius 2 is 2.15 bits per heavy atom. The molecule has 0 bridgehead atoms. The van der Waals surface area contributed by atoms with Gasteiger partial charge in [0.25, 0.3) is 0 Å². The third-order valence-electron chi connectivity index (χ3n) is 3.94. The van der Waals surface area contributed by atoms with Crippen LogP contribution in [0.25, 0.3) is 0 Å². The molecular weight excluding hydrogens is 272 g/mol. The van der Waals surface area contributed by atoms with Crippen LogP contribution in [0.1, 0.15) is 52.0 Å². The molecule has 1 aliphatic rings. The van der Waals surface area contributed by atoms with Crippen molar-refractivity contribution in [3.63, 3.8) is 0 Å². The van der Waals surface area contributed by atoms with E-state index in [4.69, 9.17) is 0 Å². The highest BCUT2D eigenvalue weighted by atomic mass is 32.2. The monoisotopic (exact) mass is 296 g/mol. The molecule has 1 saturated carbocycles. The smallest absolute Gasteiger partial charge is 0.233 e. The maximum Gasteiger partial charge on any atom is 0.233 e. The third kappa shape index (κ3) is 3.75. The predicted molar refractivity (Wildman–Crippen MR) is 80.8 cm³/mol. The van der Waals surface area contributed by atoms with E-state index in [1.54, 1.807) is 6.33 Å². The number of thioether (sulfide) groups is 1.